The zero-order valence-electron chi connectivity index (χ0n) is 14.3. The van der Waals surface area contributed by atoms with Crippen LogP contribution in [0.25, 0.3) is 0 Å². The molecular weight excluding hydrogens is 349 g/mol. The number of hydrogen-bond acceptors (Lipinski definition) is 5. The lowest BCUT2D eigenvalue weighted by Gasteiger charge is -2.30. The highest BCUT2D eigenvalue weighted by Crippen LogP contribution is 2.35. The van der Waals surface area contributed by atoms with Crippen LogP contribution in [0.15, 0.2) is 29.2 Å². The lowest BCUT2D eigenvalue weighted by atomic mass is 10.0. The van der Waals surface area contributed by atoms with Crippen molar-refractivity contribution in [2.75, 3.05) is 33.0 Å². The highest BCUT2D eigenvalue weighted by atomic mass is 32.2. The van der Waals surface area contributed by atoms with Crippen molar-refractivity contribution in [3.05, 3.63) is 24.3 Å². The number of ether oxygens (including phenoxy) is 1. The third-order valence-electron chi connectivity index (χ3n) is 4.10. The van der Waals surface area contributed by atoms with E-state index in [1.807, 2.05) is 0 Å². The Labute approximate surface area is 143 Å². The number of benzene rings is 1. The molecular formula is C16H24NO5PS. The summed E-state index contributed by atoms with van der Waals surface area (Å²) >= 11 is 0. The summed E-state index contributed by atoms with van der Waals surface area (Å²) in [6, 6.07) is 6.16. The number of piperidine rings is 1. The number of nitrogens with zero attached hydrogens (tertiary/aromatic N) is 1. The number of carbonyl (C=O) groups is 1. The molecule has 0 radical (unpaired) electrons. The maximum absolute atomic E-state index is 12.8. The molecule has 1 aromatic rings. The van der Waals surface area contributed by atoms with Gasteiger partial charge in [0, 0.05) is 18.4 Å². The van der Waals surface area contributed by atoms with Crippen LogP contribution in [0.1, 0.15) is 19.8 Å². The van der Waals surface area contributed by atoms with E-state index in [-0.39, 0.29) is 24.0 Å². The van der Waals surface area contributed by atoms with Gasteiger partial charge in [-0.25, -0.2) is 8.42 Å². The molecule has 134 valence electrons. The van der Waals surface area contributed by atoms with Crippen LogP contribution in [-0.2, 0) is 24.1 Å². The van der Waals surface area contributed by atoms with Crippen LogP contribution in [0.2, 0.25) is 0 Å². The third-order valence-corrected chi connectivity index (χ3v) is 7.52. The zero-order valence-corrected chi connectivity index (χ0v) is 16.0. The molecule has 1 saturated heterocycles. The highest BCUT2D eigenvalue weighted by molar-refractivity contribution is 7.89. The Morgan fingerprint density at radius 2 is 1.92 bits per heavy atom. The summed E-state index contributed by atoms with van der Waals surface area (Å²) in [4.78, 5) is 12.0. The van der Waals surface area contributed by atoms with Gasteiger partial charge in [-0.1, -0.05) is 12.1 Å². The minimum Gasteiger partial charge on any atom is -0.466 e. The SMILES string of the molecule is CCOC(=O)[C@@H]1CCCN(S(=O)(=O)c2ccc(P(C)(C)=O)cc2)C1. The summed E-state index contributed by atoms with van der Waals surface area (Å²) in [6.45, 7) is 5.84. The average Bonchev–Trinajstić information content (AvgIpc) is 2.54. The molecule has 0 saturated carbocycles. The van der Waals surface area contributed by atoms with Gasteiger partial charge in [-0.05, 0) is 45.2 Å². The smallest absolute Gasteiger partial charge is 0.310 e. The van der Waals surface area contributed by atoms with Crippen molar-refractivity contribution in [1.29, 1.82) is 0 Å². The van der Waals surface area contributed by atoms with Gasteiger partial charge in [0.25, 0.3) is 0 Å². The van der Waals surface area contributed by atoms with Crippen molar-refractivity contribution >= 4 is 28.4 Å². The fourth-order valence-corrected chi connectivity index (χ4v) is 5.13. The molecule has 24 heavy (non-hydrogen) atoms. The quantitative estimate of drug-likeness (QED) is 0.582. The van der Waals surface area contributed by atoms with E-state index in [2.05, 4.69) is 0 Å². The Bertz CT molecular complexity index is 738. The molecule has 1 atom stereocenters. The van der Waals surface area contributed by atoms with Crippen LogP contribution in [0.3, 0.4) is 0 Å². The number of sulfonamides is 1. The minimum atomic E-state index is -3.67. The standard InChI is InChI=1S/C16H24NO5PS/c1-4-22-16(18)13-6-5-11-17(12-13)24(20,21)15-9-7-14(8-10-15)23(2,3)19/h7-10,13H,4-6,11-12H2,1-3H3/t13-/m1/s1. The molecule has 0 spiro atoms. The Balaban J connectivity index is 2.20. The van der Waals surface area contributed by atoms with Crippen molar-refractivity contribution in [2.45, 2.75) is 24.7 Å². The molecule has 1 aromatic carbocycles. The second-order valence-corrected chi connectivity index (χ2v) is 11.5. The Hall–Kier alpha value is -1.17. The third kappa shape index (κ3) is 4.26. The van der Waals surface area contributed by atoms with Gasteiger partial charge >= 0.3 is 5.97 Å². The molecule has 0 unspecified atom stereocenters. The lowest BCUT2D eigenvalue weighted by Crippen LogP contribution is -2.42. The Kier molecular flexibility index (Phi) is 5.89. The second-order valence-electron chi connectivity index (χ2n) is 6.30. The van der Waals surface area contributed by atoms with Crippen molar-refractivity contribution in [2.24, 2.45) is 5.92 Å². The monoisotopic (exact) mass is 373 g/mol. The fraction of sp³-hybridized carbons (Fsp3) is 0.562. The molecule has 1 heterocycles. The maximum atomic E-state index is 12.8. The number of esters is 1. The van der Waals surface area contributed by atoms with Crippen LogP contribution in [0.5, 0.6) is 0 Å². The van der Waals surface area contributed by atoms with Gasteiger partial charge in [-0.3, -0.25) is 4.79 Å². The van der Waals surface area contributed by atoms with Gasteiger partial charge in [-0.2, -0.15) is 4.31 Å². The maximum Gasteiger partial charge on any atom is 0.310 e. The molecule has 0 aliphatic carbocycles. The van der Waals surface area contributed by atoms with E-state index in [0.717, 1.165) is 0 Å². The first-order valence-corrected chi connectivity index (χ1v) is 12.0. The Morgan fingerprint density at radius 1 is 1.29 bits per heavy atom. The van der Waals surface area contributed by atoms with E-state index in [9.17, 15) is 17.8 Å². The average molecular weight is 373 g/mol. The summed E-state index contributed by atoms with van der Waals surface area (Å²) < 4.78 is 44.0. The first kappa shape index (κ1) is 19.2. The van der Waals surface area contributed by atoms with Crippen molar-refractivity contribution in [3.63, 3.8) is 0 Å². The molecule has 1 aliphatic heterocycles. The van der Waals surface area contributed by atoms with E-state index in [4.69, 9.17) is 4.74 Å². The van der Waals surface area contributed by atoms with Gasteiger partial charge in [0.2, 0.25) is 10.0 Å². The van der Waals surface area contributed by atoms with Crippen molar-refractivity contribution < 1.29 is 22.5 Å². The second kappa shape index (κ2) is 7.38. The summed E-state index contributed by atoms with van der Waals surface area (Å²) in [5.41, 5.74) is 0. The van der Waals surface area contributed by atoms with E-state index >= 15 is 0 Å². The number of hydrogen-bond donors (Lipinski definition) is 0. The number of carbonyl (C=O) groups excluding carboxylic acids is 1. The van der Waals surface area contributed by atoms with E-state index in [1.165, 1.54) is 16.4 Å². The topological polar surface area (TPSA) is 80.8 Å². The summed E-state index contributed by atoms with van der Waals surface area (Å²) in [5, 5.41) is 0.643. The van der Waals surface area contributed by atoms with Gasteiger partial charge in [0.05, 0.1) is 17.4 Å². The van der Waals surface area contributed by atoms with E-state index in [1.54, 1.807) is 32.4 Å². The summed E-state index contributed by atoms with van der Waals surface area (Å²) in [7, 11) is -6.09. The van der Waals surface area contributed by atoms with Gasteiger partial charge in [0.15, 0.2) is 0 Å². The zero-order chi connectivity index (χ0) is 18.0. The van der Waals surface area contributed by atoms with Crippen LogP contribution in [0.4, 0.5) is 0 Å². The molecule has 0 aromatic heterocycles. The predicted octanol–water partition coefficient (Wildman–Crippen LogP) is 1.90. The highest BCUT2D eigenvalue weighted by Gasteiger charge is 2.34. The first-order valence-electron chi connectivity index (χ1n) is 7.98. The molecule has 8 heteroatoms. The van der Waals surface area contributed by atoms with Crippen molar-refractivity contribution in [1.82, 2.24) is 4.31 Å². The van der Waals surface area contributed by atoms with Crippen LogP contribution in [0, 0.1) is 5.92 Å². The molecule has 1 fully saturated rings. The predicted molar refractivity (Wildman–Crippen MR) is 93.6 cm³/mol. The summed E-state index contributed by atoms with van der Waals surface area (Å²) in [6.07, 6.45) is 1.26. The molecule has 6 nitrogen and oxygen atoms in total. The Morgan fingerprint density at radius 3 is 2.46 bits per heavy atom. The fourth-order valence-electron chi connectivity index (χ4n) is 2.74. The first-order chi connectivity index (χ1) is 11.2. The molecule has 2 rings (SSSR count). The summed E-state index contributed by atoms with van der Waals surface area (Å²) in [5.74, 6) is -0.759. The van der Waals surface area contributed by atoms with Gasteiger partial charge in [-0.15, -0.1) is 0 Å². The normalized spacial score (nSPS) is 19.9. The molecule has 0 bridgehead atoms. The van der Waals surface area contributed by atoms with Gasteiger partial charge in [0.1, 0.15) is 7.14 Å². The largest absolute Gasteiger partial charge is 0.466 e. The number of rotatable bonds is 5. The van der Waals surface area contributed by atoms with E-state index < -0.39 is 23.1 Å². The minimum absolute atomic E-state index is 0.142. The van der Waals surface area contributed by atoms with Crippen LogP contribution in [-0.4, -0.2) is 51.7 Å². The molecule has 0 N–H and O–H groups in total. The van der Waals surface area contributed by atoms with E-state index in [0.29, 0.717) is 24.7 Å². The van der Waals surface area contributed by atoms with Crippen LogP contribution >= 0.6 is 7.14 Å². The molecule has 0 amide bonds. The molecule has 1 aliphatic rings. The van der Waals surface area contributed by atoms with Crippen molar-refractivity contribution in [3.8, 4) is 0 Å². The van der Waals surface area contributed by atoms with Crippen LogP contribution < -0.4 is 5.30 Å². The lowest BCUT2D eigenvalue weighted by molar-refractivity contribution is -0.149. The van der Waals surface area contributed by atoms with Gasteiger partial charge < -0.3 is 9.30 Å².